The number of benzene rings is 1. The van der Waals surface area contributed by atoms with Gasteiger partial charge in [-0.15, -0.1) is 13.2 Å². The summed E-state index contributed by atoms with van der Waals surface area (Å²) in [6.45, 7) is -1.63. The highest BCUT2D eigenvalue weighted by Crippen LogP contribution is 2.25. The number of carbonyl (C=O) groups is 1. The van der Waals surface area contributed by atoms with Crippen molar-refractivity contribution in [1.29, 1.82) is 0 Å². The van der Waals surface area contributed by atoms with Crippen molar-refractivity contribution >= 4 is 11.6 Å². The minimum absolute atomic E-state index is 0.0927. The topological polar surface area (TPSA) is 60.5 Å². The standard InChI is InChI=1S/C15H10F6N2O3/c16-14(17,18)8-25-13-11(2-1-7-22-13)12(24)23-9-3-5-10(6-4-9)26-15(19,20)21/h1-7H,8H2,(H,23,24). The number of rotatable bonds is 5. The van der Waals surface area contributed by atoms with Crippen LogP contribution in [0, 0.1) is 0 Å². The Morgan fingerprint density at radius 1 is 1.04 bits per heavy atom. The number of halogens is 6. The first-order chi connectivity index (χ1) is 12.0. The van der Waals surface area contributed by atoms with Crippen LogP contribution in [0.15, 0.2) is 42.6 Å². The van der Waals surface area contributed by atoms with Crippen LogP contribution in [0.1, 0.15) is 10.4 Å². The number of amides is 1. The molecule has 0 saturated carbocycles. The second-order valence-electron chi connectivity index (χ2n) is 4.79. The summed E-state index contributed by atoms with van der Waals surface area (Å²) < 4.78 is 81.1. The van der Waals surface area contributed by atoms with Gasteiger partial charge < -0.3 is 14.8 Å². The molecule has 1 aromatic heterocycles. The molecule has 0 saturated heterocycles. The van der Waals surface area contributed by atoms with E-state index >= 15 is 0 Å². The Morgan fingerprint density at radius 2 is 1.69 bits per heavy atom. The van der Waals surface area contributed by atoms with Gasteiger partial charge in [-0.2, -0.15) is 13.2 Å². The zero-order valence-electron chi connectivity index (χ0n) is 12.7. The molecule has 0 unspecified atom stereocenters. The molecule has 1 amide bonds. The number of hydrogen-bond acceptors (Lipinski definition) is 4. The van der Waals surface area contributed by atoms with Gasteiger partial charge in [0.05, 0.1) is 0 Å². The average molecular weight is 380 g/mol. The minimum Gasteiger partial charge on any atom is -0.467 e. The molecule has 0 fully saturated rings. The first-order valence-electron chi connectivity index (χ1n) is 6.85. The smallest absolute Gasteiger partial charge is 0.467 e. The molecule has 2 aromatic rings. The SMILES string of the molecule is O=C(Nc1ccc(OC(F)(F)F)cc1)c1cccnc1OCC(F)(F)F. The average Bonchev–Trinajstić information content (AvgIpc) is 2.53. The lowest BCUT2D eigenvalue weighted by atomic mass is 10.2. The number of hydrogen-bond donors (Lipinski definition) is 1. The van der Waals surface area contributed by atoms with E-state index in [4.69, 9.17) is 0 Å². The fraction of sp³-hybridized carbons (Fsp3) is 0.200. The summed E-state index contributed by atoms with van der Waals surface area (Å²) in [7, 11) is 0. The first kappa shape index (κ1) is 19.3. The van der Waals surface area contributed by atoms with Crippen molar-refractivity contribution < 1.29 is 40.6 Å². The molecule has 140 valence electrons. The van der Waals surface area contributed by atoms with E-state index < -0.39 is 36.7 Å². The van der Waals surface area contributed by atoms with Gasteiger partial charge in [-0.05, 0) is 36.4 Å². The normalized spacial score (nSPS) is 11.8. The molecule has 0 bridgehead atoms. The number of nitrogens with zero attached hydrogens (tertiary/aromatic N) is 1. The lowest BCUT2D eigenvalue weighted by Gasteiger charge is -2.12. The molecule has 5 nitrogen and oxygen atoms in total. The van der Waals surface area contributed by atoms with Crippen LogP contribution in [0.3, 0.4) is 0 Å². The van der Waals surface area contributed by atoms with Crippen LogP contribution in [0.4, 0.5) is 32.0 Å². The van der Waals surface area contributed by atoms with Gasteiger partial charge in [0.25, 0.3) is 5.91 Å². The van der Waals surface area contributed by atoms with Gasteiger partial charge >= 0.3 is 12.5 Å². The summed E-state index contributed by atoms with van der Waals surface area (Å²) in [5, 5.41) is 2.31. The second-order valence-corrected chi connectivity index (χ2v) is 4.79. The number of ether oxygens (including phenoxy) is 2. The lowest BCUT2D eigenvalue weighted by Crippen LogP contribution is -2.22. The maximum absolute atomic E-state index is 12.2. The number of anilines is 1. The third-order valence-corrected chi connectivity index (χ3v) is 2.73. The summed E-state index contributed by atoms with van der Waals surface area (Å²) in [6, 6.07) is 6.70. The molecule has 11 heteroatoms. The van der Waals surface area contributed by atoms with Gasteiger partial charge in [0, 0.05) is 11.9 Å². The van der Waals surface area contributed by atoms with Crippen molar-refractivity contribution in [1.82, 2.24) is 4.98 Å². The Labute approximate surface area is 142 Å². The molecule has 0 aliphatic carbocycles. The maximum atomic E-state index is 12.2. The molecule has 0 radical (unpaired) electrons. The van der Waals surface area contributed by atoms with E-state index in [1.165, 1.54) is 12.1 Å². The highest BCUT2D eigenvalue weighted by Gasteiger charge is 2.31. The zero-order chi connectivity index (χ0) is 19.4. The fourth-order valence-corrected chi connectivity index (χ4v) is 1.77. The number of alkyl halides is 6. The molecule has 0 aliphatic rings. The van der Waals surface area contributed by atoms with Crippen LogP contribution in [-0.4, -0.2) is 30.0 Å². The minimum atomic E-state index is -4.86. The Balaban J connectivity index is 2.08. The predicted molar refractivity (Wildman–Crippen MR) is 76.9 cm³/mol. The molecule has 1 heterocycles. The molecule has 1 aromatic carbocycles. The Hall–Kier alpha value is -2.98. The van der Waals surface area contributed by atoms with Gasteiger partial charge in [0.15, 0.2) is 6.61 Å². The van der Waals surface area contributed by atoms with Crippen LogP contribution in [0.25, 0.3) is 0 Å². The van der Waals surface area contributed by atoms with Crippen LogP contribution < -0.4 is 14.8 Å². The highest BCUT2D eigenvalue weighted by atomic mass is 19.4. The zero-order valence-corrected chi connectivity index (χ0v) is 12.7. The van der Waals surface area contributed by atoms with E-state index in [1.54, 1.807) is 0 Å². The van der Waals surface area contributed by atoms with E-state index in [0.29, 0.717) is 0 Å². The molecular formula is C15H10F6N2O3. The van der Waals surface area contributed by atoms with Crippen molar-refractivity contribution in [3.8, 4) is 11.6 Å². The molecule has 1 N–H and O–H groups in total. The summed E-state index contributed by atoms with van der Waals surface area (Å²) in [5.74, 6) is -1.87. The van der Waals surface area contributed by atoms with Gasteiger partial charge in [-0.25, -0.2) is 4.98 Å². The molecule has 26 heavy (non-hydrogen) atoms. The van der Waals surface area contributed by atoms with E-state index in [9.17, 15) is 31.1 Å². The van der Waals surface area contributed by atoms with Crippen molar-refractivity contribution in [3.05, 3.63) is 48.2 Å². The Kier molecular flexibility index (Phi) is 5.58. The Morgan fingerprint density at radius 3 is 2.27 bits per heavy atom. The van der Waals surface area contributed by atoms with Crippen molar-refractivity contribution in [2.45, 2.75) is 12.5 Å². The summed E-state index contributed by atoms with van der Waals surface area (Å²) in [4.78, 5) is 15.7. The van der Waals surface area contributed by atoms with E-state index in [0.717, 1.165) is 30.5 Å². The van der Waals surface area contributed by atoms with Crippen LogP contribution in [-0.2, 0) is 0 Å². The van der Waals surface area contributed by atoms with E-state index in [-0.39, 0.29) is 11.3 Å². The third-order valence-electron chi connectivity index (χ3n) is 2.73. The van der Waals surface area contributed by atoms with Gasteiger partial charge in [0.2, 0.25) is 5.88 Å². The fourth-order valence-electron chi connectivity index (χ4n) is 1.77. The van der Waals surface area contributed by atoms with Gasteiger partial charge in [0.1, 0.15) is 11.3 Å². The molecular weight excluding hydrogens is 370 g/mol. The second kappa shape index (κ2) is 7.50. The third kappa shape index (κ3) is 6.15. The number of aromatic nitrogens is 1. The molecule has 2 rings (SSSR count). The van der Waals surface area contributed by atoms with Crippen LogP contribution >= 0.6 is 0 Å². The van der Waals surface area contributed by atoms with Crippen LogP contribution in [0.2, 0.25) is 0 Å². The largest absolute Gasteiger partial charge is 0.573 e. The van der Waals surface area contributed by atoms with Gasteiger partial charge in [-0.3, -0.25) is 4.79 Å². The first-order valence-corrected chi connectivity index (χ1v) is 6.85. The quantitative estimate of drug-likeness (QED) is 0.791. The Bertz CT molecular complexity index is 759. The number of nitrogens with one attached hydrogen (secondary N) is 1. The summed E-state index contributed by atoms with van der Waals surface area (Å²) in [6.07, 6.45) is -8.32. The maximum Gasteiger partial charge on any atom is 0.573 e. The number of pyridine rings is 1. The van der Waals surface area contributed by atoms with Gasteiger partial charge in [-0.1, -0.05) is 0 Å². The van der Waals surface area contributed by atoms with Crippen molar-refractivity contribution in [2.75, 3.05) is 11.9 Å². The molecule has 0 spiro atoms. The van der Waals surface area contributed by atoms with E-state index in [1.807, 2.05) is 0 Å². The van der Waals surface area contributed by atoms with E-state index in [2.05, 4.69) is 19.8 Å². The highest BCUT2D eigenvalue weighted by molar-refractivity contribution is 6.05. The van der Waals surface area contributed by atoms with Crippen molar-refractivity contribution in [3.63, 3.8) is 0 Å². The summed E-state index contributed by atoms with van der Waals surface area (Å²) in [5.41, 5.74) is -0.178. The number of carbonyl (C=O) groups excluding carboxylic acids is 1. The predicted octanol–water partition coefficient (Wildman–Crippen LogP) is 4.17. The molecule has 0 aliphatic heterocycles. The summed E-state index contributed by atoms with van der Waals surface area (Å²) >= 11 is 0. The van der Waals surface area contributed by atoms with Crippen LogP contribution in [0.5, 0.6) is 11.6 Å². The lowest BCUT2D eigenvalue weighted by molar-refractivity contribution is -0.274. The van der Waals surface area contributed by atoms with Crippen molar-refractivity contribution in [2.24, 2.45) is 0 Å². The monoisotopic (exact) mass is 380 g/mol. The molecule has 0 atom stereocenters.